The summed E-state index contributed by atoms with van der Waals surface area (Å²) in [7, 11) is 0. The molecule has 2 saturated heterocycles. The number of para-hydroxylation sites is 1. The SMILES string of the molecule is Nc1c(Cl)cc(C[C@@H](CC(O)N2CCC(N3CCc4ccccc4NC3=O)CC2)C(=O)N2CCCCC2)cc1C(F)(F)F. The topological polar surface area (TPSA) is 102 Å². The van der Waals surface area contributed by atoms with Crippen molar-refractivity contribution in [2.75, 3.05) is 43.8 Å². The molecule has 1 unspecified atom stereocenters. The predicted molar refractivity (Wildman–Crippen MR) is 160 cm³/mol. The normalized spacial score (nSPS) is 20.3. The number of aliphatic hydroxyl groups is 1. The molecule has 2 fully saturated rings. The molecule has 0 spiro atoms. The Morgan fingerprint density at radius 2 is 1.77 bits per heavy atom. The zero-order valence-electron chi connectivity index (χ0n) is 24.1. The predicted octanol–water partition coefficient (Wildman–Crippen LogP) is 5.38. The average Bonchev–Trinajstić information content (AvgIpc) is 3.16. The largest absolute Gasteiger partial charge is 0.418 e. The highest BCUT2D eigenvalue weighted by molar-refractivity contribution is 6.33. The molecule has 0 bridgehead atoms. The lowest BCUT2D eigenvalue weighted by Gasteiger charge is -2.40. The zero-order valence-corrected chi connectivity index (χ0v) is 24.8. The number of urea groups is 1. The molecule has 3 aliphatic heterocycles. The van der Waals surface area contributed by atoms with Crippen molar-refractivity contribution >= 4 is 34.9 Å². The Morgan fingerprint density at radius 1 is 1.07 bits per heavy atom. The second kappa shape index (κ2) is 13.3. The van der Waals surface area contributed by atoms with E-state index in [1.807, 2.05) is 34.1 Å². The number of alkyl halides is 3. The lowest BCUT2D eigenvalue weighted by Crippen LogP contribution is -2.51. The molecular formula is C31H39ClF3N5O3. The van der Waals surface area contributed by atoms with E-state index in [0.29, 0.717) is 45.6 Å². The minimum atomic E-state index is -4.69. The standard InChI is InChI=1S/C31H39ClF3N5O3/c32-25-18-20(17-24(28(25)36)31(33,34)35)16-22(29(42)39-11-4-1-5-12-39)19-27(41)38-13-9-23(10-14-38)40-15-8-21-6-2-3-7-26(21)37-30(40)43/h2-3,6-7,17-18,22-23,27,41H,1,4-5,8-16,19,36H2,(H,37,43)/t22-,27?/m0/s1. The van der Waals surface area contributed by atoms with Gasteiger partial charge in [0.15, 0.2) is 0 Å². The minimum Gasteiger partial charge on any atom is -0.397 e. The van der Waals surface area contributed by atoms with Gasteiger partial charge in [-0.3, -0.25) is 9.69 Å². The van der Waals surface area contributed by atoms with Gasteiger partial charge in [-0.15, -0.1) is 0 Å². The van der Waals surface area contributed by atoms with Crippen LogP contribution >= 0.6 is 11.6 Å². The summed E-state index contributed by atoms with van der Waals surface area (Å²) in [6.07, 6.45) is -0.740. The number of aliphatic hydroxyl groups excluding tert-OH is 1. The van der Waals surface area contributed by atoms with Crippen molar-refractivity contribution in [2.24, 2.45) is 5.92 Å². The number of anilines is 2. The molecule has 0 saturated carbocycles. The van der Waals surface area contributed by atoms with Crippen LogP contribution in [0, 0.1) is 5.92 Å². The van der Waals surface area contributed by atoms with Gasteiger partial charge in [0, 0.05) is 50.4 Å². The summed E-state index contributed by atoms with van der Waals surface area (Å²) < 4.78 is 40.9. The summed E-state index contributed by atoms with van der Waals surface area (Å²) in [6, 6.07) is 10.0. The van der Waals surface area contributed by atoms with Gasteiger partial charge in [-0.25, -0.2) is 4.79 Å². The van der Waals surface area contributed by atoms with E-state index in [1.165, 1.54) is 6.07 Å². The number of nitrogens with two attached hydrogens (primary N) is 1. The Labute approximate surface area is 254 Å². The first-order valence-electron chi connectivity index (χ1n) is 15.0. The van der Waals surface area contributed by atoms with E-state index in [9.17, 15) is 27.9 Å². The number of fused-ring (bicyclic) bond motifs is 1. The minimum absolute atomic E-state index is 0.000443. The van der Waals surface area contributed by atoms with E-state index >= 15 is 0 Å². The molecule has 3 amide bonds. The van der Waals surface area contributed by atoms with Crippen LogP contribution in [-0.4, -0.2) is 76.7 Å². The van der Waals surface area contributed by atoms with Gasteiger partial charge in [-0.2, -0.15) is 13.2 Å². The monoisotopic (exact) mass is 621 g/mol. The summed E-state index contributed by atoms with van der Waals surface area (Å²) >= 11 is 6.08. The molecule has 4 N–H and O–H groups in total. The fraction of sp³-hybridized carbons (Fsp3) is 0.548. The van der Waals surface area contributed by atoms with E-state index in [0.717, 1.165) is 43.0 Å². The highest BCUT2D eigenvalue weighted by Crippen LogP contribution is 2.38. The number of nitrogen functional groups attached to an aromatic ring is 1. The Balaban J connectivity index is 1.26. The van der Waals surface area contributed by atoms with Gasteiger partial charge in [0.2, 0.25) is 5.91 Å². The molecule has 0 aliphatic carbocycles. The van der Waals surface area contributed by atoms with Crippen LogP contribution in [0.4, 0.5) is 29.3 Å². The van der Waals surface area contributed by atoms with Gasteiger partial charge in [-0.1, -0.05) is 29.8 Å². The zero-order chi connectivity index (χ0) is 30.7. The molecule has 3 aliphatic rings. The van der Waals surface area contributed by atoms with E-state index in [2.05, 4.69) is 5.32 Å². The van der Waals surface area contributed by atoms with E-state index < -0.39 is 29.6 Å². The first kappa shape index (κ1) is 31.4. The van der Waals surface area contributed by atoms with Gasteiger partial charge in [0.05, 0.1) is 16.3 Å². The van der Waals surface area contributed by atoms with Crippen molar-refractivity contribution < 1.29 is 27.9 Å². The van der Waals surface area contributed by atoms with Gasteiger partial charge in [0.25, 0.3) is 0 Å². The third-order valence-electron chi connectivity index (χ3n) is 8.99. The van der Waals surface area contributed by atoms with E-state index in [-0.39, 0.29) is 41.4 Å². The molecule has 2 atom stereocenters. The third kappa shape index (κ3) is 7.38. The summed E-state index contributed by atoms with van der Waals surface area (Å²) in [5.41, 5.74) is 6.24. The van der Waals surface area contributed by atoms with Crippen molar-refractivity contribution in [3.05, 3.63) is 58.1 Å². The summed E-state index contributed by atoms with van der Waals surface area (Å²) in [4.78, 5) is 32.2. The summed E-state index contributed by atoms with van der Waals surface area (Å²) in [5, 5.41) is 14.1. The van der Waals surface area contributed by atoms with Crippen molar-refractivity contribution in [3.63, 3.8) is 0 Å². The van der Waals surface area contributed by atoms with Gasteiger partial charge in [0.1, 0.15) is 6.23 Å². The van der Waals surface area contributed by atoms with Gasteiger partial charge < -0.3 is 26.0 Å². The Morgan fingerprint density at radius 3 is 2.47 bits per heavy atom. The van der Waals surface area contributed by atoms with Gasteiger partial charge >= 0.3 is 12.2 Å². The number of piperidine rings is 2. The molecule has 234 valence electrons. The Bertz CT molecular complexity index is 1310. The fourth-order valence-corrected chi connectivity index (χ4v) is 6.83. The van der Waals surface area contributed by atoms with Crippen LogP contribution in [0.1, 0.15) is 55.2 Å². The molecule has 8 nitrogen and oxygen atoms in total. The second-order valence-corrected chi connectivity index (χ2v) is 12.2. The number of halogens is 4. The Hall–Kier alpha value is -3.02. The Kier molecular flexibility index (Phi) is 9.73. The van der Waals surface area contributed by atoms with Crippen LogP contribution < -0.4 is 11.1 Å². The lowest BCUT2D eigenvalue weighted by atomic mass is 9.91. The molecule has 0 aromatic heterocycles. The van der Waals surface area contributed by atoms with Crippen LogP contribution in [-0.2, 0) is 23.8 Å². The molecule has 2 aromatic rings. The number of rotatable bonds is 7. The molecular weight excluding hydrogens is 583 g/mol. The van der Waals surface area contributed by atoms with Crippen LogP contribution in [0.2, 0.25) is 5.02 Å². The van der Waals surface area contributed by atoms with Crippen LogP contribution in [0.5, 0.6) is 0 Å². The number of hydrogen-bond acceptors (Lipinski definition) is 5. The summed E-state index contributed by atoms with van der Waals surface area (Å²) in [6.45, 7) is 2.84. The number of nitrogens with zero attached hydrogens (tertiary/aromatic N) is 3. The molecule has 2 aromatic carbocycles. The van der Waals surface area contributed by atoms with Crippen LogP contribution in [0.25, 0.3) is 0 Å². The maximum Gasteiger partial charge on any atom is 0.418 e. The number of likely N-dealkylation sites (tertiary alicyclic amines) is 2. The van der Waals surface area contributed by atoms with Crippen molar-refractivity contribution in [1.82, 2.24) is 14.7 Å². The number of carbonyl (C=O) groups excluding carboxylic acids is 2. The highest BCUT2D eigenvalue weighted by Gasteiger charge is 2.37. The number of hydrogen-bond donors (Lipinski definition) is 3. The maximum atomic E-state index is 13.6. The molecule has 5 rings (SSSR count). The molecule has 0 radical (unpaired) electrons. The van der Waals surface area contributed by atoms with Gasteiger partial charge in [-0.05, 0) is 80.7 Å². The van der Waals surface area contributed by atoms with Crippen molar-refractivity contribution in [2.45, 2.75) is 69.8 Å². The quantitative estimate of drug-likeness (QED) is 0.361. The molecule has 43 heavy (non-hydrogen) atoms. The number of amides is 3. The van der Waals surface area contributed by atoms with Crippen LogP contribution in [0.15, 0.2) is 36.4 Å². The van der Waals surface area contributed by atoms with Crippen molar-refractivity contribution in [1.29, 1.82) is 0 Å². The third-order valence-corrected chi connectivity index (χ3v) is 9.31. The molecule has 3 heterocycles. The van der Waals surface area contributed by atoms with Crippen LogP contribution in [0.3, 0.4) is 0 Å². The number of nitrogens with one attached hydrogen (secondary N) is 1. The smallest absolute Gasteiger partial charge is 0.397 e. The summed E-state index contributed by atoms with van der Waals surface area (Å²) in [5.74, 6) is -0.905. The number of benzene rings is 2. The molecule has 12 heteroatoms. The van der Waals surface area contributed by atoms with E-state index in [4.69, 9.17) is 17.3 Å². The maximum absolute atomic E-state index is 13.6. The van der Waals surface area contributed by atoms with E-state index in [1.54, 1.807) is 4.90 Å². The first-order chi connectivity index (χ1) is 20.5. The van der Waals surface area contributed by atoms with Crippen molar-refractivity contribution in [3.8, 4) is 0 Å². The average molecular weight is 622 g/mol. The second-order valence-electron chi connectivity index (χ2n) is 11.8. The lowest BCUT2D eigenvalue weighted by molar-refractivity contribution is -0.139. The number of carbonyl (C=O) groups is 2. The highest BCUT2D eigenvalue weighted by atomic mass is 35.5. The fourth-order valence-electron chi connectivity index (χ4n) is 6.59. The first-order valence-corrected chi connectivity index (χ1v) is 15.4.